The van der Waals surface area contributed by atoms with Gasteiger partial charge in [-0.2, -0.15) is 9.97 Å². The third kappa shape index (κ3) is 1.54. The maximum absolute atomic E-state index is 5.70. The Morgan fingerprint density at radius 1 is 0.880 bits per heavy atom. The Labute approximate surface area is 146 Å². The van der Waals surface area contributed by atoms with Gasteiger partial charge < -0.3 is 9.47 Å². The van der Waals surface area contributed by atoms with E-state index < -0.39 is 0 Å². The first-order valence-corrected chi connectivity index (χ1v) is 9.08. The minimum atomic E-state index is 0.326. The average Bonchev–Trinajstić information content (AvgIpc) is 3.29. The minimum Gasteiger partial charge on any atom is -0.481 e. The van der Waals surface area contributed by atoms with Crippen molar-refractivity contribution in [1.82, 2.24) is 9.97 Å². The quantitative estimate of drug-likeness (QED) is 0.789. The Morgan fingerprint density at radius 3 is 2.24 bits per heavy atom. The van der Waals surface area contributed by atoms with E-state index in [2.05, 4.69) is 41.4 Å². The second-order valence-corrected chi connectivity index (χ2v) is 7.71. The minimum absolute atomic E-state index is 0.326. The lowest BCUT2D eigenvalue weighted by atomic mass is 9.53. The number of benzene rings is 1. The summed E-state index contributed by atoms with van der Waals surface area (Å²) in [5, 5.41) is 0. The molecule has 4 bridgehead atoms. The smallest absolute Gasteiger partial charge is 0.319 e. The van der Waals surface area contributed by atoms with Gasteiger partial charge in [0.1, 0.15) is 0 Å². The molecular weight excluding hydrogens is 312 g/mol. The summed E-state index contributed by atoms with van der Waals surface area (Å²) in [7, 11) is 3.33. The Kier molecular flexibility index (Phi) is 2.57. The van der Waals surface area contributed by atoms with Crippen LogP contribution in [0.4, 0.5) is 0 Å². The van der Waals surface area contributed by atoms with E-state index in [0.717, 1.165) is 5.69 Å². The van der Waals surface area contributed by atoms with Gasteiger partial charge in [0.2, 0.25) is 5.88 Å². The molecule has 1 saturated carbocycles. The second kappa shape index (κ2) is 4.63. The first-order valence-electron chi connectivity index (χ1n) is 9.08. The molecule has 0 radical (unpaired) electrons. The van der Waals surface area contributed by atoms with E-state index in [9.17, 15) is 0 Å². The third-order valence-electron chi connectivity index (χ3n) is 6.92. The first-order chi connectivity index (χ1) is 12.3. The Morgan fingerprint density at radius 2 is 1.56 bits per heavy atom. The van der Waals surface area contributed by atoms with E-state index in [0.29, 0.717) is 47.4 Å². The van der Waals surface area contributed by atoms with Crippen molar-refractivity contribution in [1.29, 1.82) is 0 Å². The molecule has 2 aromatic rings. The third-order valence-corrected chi connectivity index (χ3v) is 6.92. The molecule has 4 heteroatoms. The van der Waals surface area contributed by atoms with Crippen molar-refractivity contribution in [3.8, 4) is 11.9 Å². The van der Waals surface area contributed by atoms with Gasteiger partial charge in [-0.15, -0.1) is 0 Å². The fourth-order valence-electron chi connectivity index (χ4n) is 6.23. The maximum atomic E-state index is 5.70. The van der Waals surface area contributed by atoms with Crippen LogP contribution in [0, 0.1) is 23.7 Å². The molecule has 6 atom stereocenters. The van der Waals surface area contributed by atoms with Gasteiger partial charge in [0.25, 0.3) is 0 Å². The fraction of sp³-hybridized carbons (Fsp3) is 0.429. The summed E-state index contributed by atoms with van der Waals surface area (Å²) in [6.45, 7) is 0. The van der Waals surface area contributed by atoms with Gasteiger partial charge in [0, 0.05) is 17.4 Å². The summed E-state index contributed by atoms with van der Waals surface area (Å²) in [4.78, 5) is 9.35. The van der Waals surface area contributed by atoms with E-state index in [1.54, 1.807) is 14.2 Å². The summed E-state index contributed by atoms with van der Waals surface area (Å²) in [5.74, 6) is 4.00. The molecule has 1 fully saturated rings. The van der Waals surface area contributed by atoms with Crippen LogP contribution in [0.2, 0.25) is 0 Å². The van der Waals surface area contributed by atoms with E-state index in [4.69, 9.17) is 14.5 Å². The van der Waals surface area contributed by atoms with Crippen molar-refractivity contribution in [2.24, 2.45) is 23.7 Å². The molecule has 1 aromatic carbocycles. The van der Waals surface area contributed by atoms with Gasteiger partial charge in [0.05, 0.1) is 19.9 Å². The molecule has 1 aromatic heterocycles. The summed E-state index contributed by atoms with van der Waals surface area (Å²) >= 11 is 0. The van der Waals surface area contributed by atoms with Crippen molar-refractivity contribution in [2.45, 2.75) is 18.3 Å². The number of methoxy groups -OCH3 is 2. The second-order valence-electron chi connectivity index (χ2n) is 7.71. The zero-order chi connectivity index (χ0) is 16.7. The molecule has 0 amide bonds. The molecule has 126 valence electrons. The summed E-state index contributed by atoms with van der Waals surface area (Å²) in [6, 6.07) is 9.33. The lowest BCUT2D eigenvalue weighted by Crippen LogP contribution is -2.42. The predicted molar refractivity (Wildman–Crippen MR) is 93.0 cm³/mol. The predicted octanol–water partition coefficient (Wildman–Crippen LogP) is 3.52. The van der Waals surface area contributed by atoms with Gasteiger partial charge in [-0.05, 0) is 41.2 Å². The molecule has 25 heavy (non-hydrogen) atoms. The lowest BCUT2D eigenvalue weighted by molar-refractivity contribution is 0.201. The van der Waals surface area contributed by atoms with E-state index in [-0.39, 0.29) is 0 Å². The molecule has 0 spiro atoms. The zero-order valence-corrected chi connectivity index (χ0v) is 14.3. The highest BCUT2D eigenvalue weighted by Crippen LogP contribution is 2.68. The number of aromatic nitrogens is 2. The van der Waals surface area contributed by atoms with Crippen molar-refractivity contribution in [3.63, 3.8) is 0 Å². The SMILES string of the molecule is COc1nc(OC)c2c(n1)[C@H]1c3ccccc3[C@@H]2[C@H]2[C@@H]1[C@@H]1C=C[C@H]2C1. The number of nitrogens with zero attached hydrogens (tertiary/aromatic N) is 2. The van der Waals surface area contributed by atoms with Crippen LogP contribution in [0.25, 0.3) is 0 Å². The normalized spacial score (nSPS) is 35.3. The standard InChI is InChI=1S/C21H20N2O2/c1-24-20-18-16-12-5-3-4-6-13(12)17(19(18)22-21(23-20)25-2)15-11-8-7-10(9-11)14(15)16/h3-8,10-11,14-17H,9H2,1-2H3/t10-,11+,14+,15-,16+,17-/m0/s1. The fourth-order valence-corrected chi connectivity index (χ4v) is 6.23. The van der Waals surface area contributed by atoms with Crippen molar-refractivity contribution in [3.05, 3.63) is 58.8 Å². The van der Waals surface area contributed by atoms with Crippen LogP contribution in [0.15, 0.2) is 36.4 Å². The Balaban J connectivity index is 1.68. The van der Waals surface area contributed by atoms with Gasteiger partial charge in [-0.3, -0.25) is 0 Å². The maximum Gasteiger partial charge on any atom is 0.319 e. The molecule has 4 nitrogen and oxygen atoms in total. The molecule has 5 aliphatic carbocycles. The van der Waals surface area contributed by atoms with Gasteiger partial charge in [-0.1, -0.05) is 36.4 Å². The van der Waals surface area contributed by atoms with Crippen LogP contribution < -0.4 is 9.47 Å². The van der Waals surface area contributed by atoms with Crippen LogP contribution >= 0.6 is 0 Å². The molecular formula is C21H20N2O2. The molecule has 0 saturated heterocycles. The van der Waals surface area contributed by atoms with Crippen LogP contribution in [0.1, 0.15) is 40.6 Å². The van der Waals surface area contributed by atoms with Gasteiger partial charge in [-0.25, -0.2) is 0 Å². The average molecular weight is 332 g/mol. The van der Waals surface area contributed by atoms with E-state index >= 15 is 0 Å². The number of hydrogen-bond donors (Lipinski definition) is 0. The van der Waals surface area contributed by atoms with E-state index in [1.165, 1.54) is 23.1 Å². The van der Waals surface area contributed by atoms with Crippen molar-refractivity contribution < 1.29 is 9.47 Å². The zero-order valence-electron chi connectivity index (χ0n) is 14.3. The van der Waals surface area contributed by atoms with Crippen LogP contribution in [-0.4, -0.2) is 24.2 Å². The topological polar surface area (TPSA) is 44.2 Å². The molecule has 7 rings (SSSR count). The number of allylic oxidation sites excluding steroid dienone is 2. The largest absolute Gasteiger partial charge is 0.481 e. The summed E-state index contributed by atoms with van der Waals surface area (Å²) in [6.07, 6.45) is 6.19. The summed E-state index contributed by atoms with van der Waals surface area (Å²) < 4.78 is 11.1. The van der Waals surface area contributed by atoms with E-state index in [1.807, 2.05) is 0 Å². The Bertz CT molecular complexity index is 922. The molecule has 0 unspecified atom stereocenters. The highest BCUT2D eigenvalue weighted by Gasteiger charge is 2.60. The number of fused-ring (bicyclic) bond motifs is 2. The van der Waals surface area contributed by atoms with Gasteiger partial charge >= 0.3 is 6.01 Å². The van der Waals surface area contributed by atoms with Crippen molar-refractivity contribution >= 4 is 0 Å². The van der Waals surface area contributed by atoms with Crippen LogP contribution in [0.3, 0.4) is 0 Å². The molecule has 0 N–H and O–H groups in total. The highest BCUT2D eigenvalue weighted by atomic mass is 16.5. The van der Waals surface area contributed by atoms with Gasteiger partial charge in [0.15, 0.2) is 0 Å². The highest BCUT2D eigenvalue weighted by molar-refractivity contribution is 5.59. The molecule has 5 aliphatic rings. The number of hydrogen-bond acceptors (Lipinski definition) is 4. The Hall–Kier alpha value is -2.36. The van der Waals surface area contributed by atoms with Crippen LogP contribution in [0.5, 0.6) is 11.9 Å². The molecule has 1 heterocycles. The van der Waals surface area contributed by atoms with Crippen molar-refractivity contribution in [2.75, 3.05) is 14.2 Å². The molecule has 0 aliphatic heterocycles. The lowest BCUT2D eigenvalue weighted by Gasteiger charge is -2.50. The van der Waals surface area contributed by atoms with Crippen LogP contribution in [-0.2, 0) is 0 Å². The monoisotopic (exact) mass is 332 g/mol. The number of rotatable bonds is 2. The first kappa shape index (κ1) is 13.9. The number of ether oxygens (including phenoxy) is 2. The summed E-state index contributed by atoms with van der Waals surface area (Å²) in [5.41, 5.74) is 5.24.